The highest BCUT2D eigenvalue weighted by atomic mass is 35.5. The van der Waals surface area contributed by atoms with E-state index in [1.54, 1.807) is 6.92 Å². The Morgan fingerprint density at radius 1 is 0.922 bits per heavy atom. The van der Waals surface area contributed by atoms with Gasteiger partial charge in [-0.2, -0.15) is 9.40 Å². The standard InChI is InChI=1S/C39H44Cl2N6O3S/c1-28(48)43-35-16-21-45(22-17-35)19-3-20-47-38-18-23-46(51(2,49)50)27-36(38)39(44-47)33-12-15-37(41)32(24-33)11-8-29-4-6-30(7-5-29)25-42-26-31-9-13-34(40)14-10-31/h4-7,9-10,12-15,24,35,42H,3,16-23,25-27H2,1-2H3,(H,43,48). The molecular formula is C39H44Cl2N6O3S. The number of nitrogens with zero attached hydrogens (tertiary/aromatic N) is 4. The van der Waals surface area contributed by atoms with E-state index >= 15 is 0 Å². The molecular weight excluding hydrogens is 703 g/mol. The molecule has 6 rings (SSSR count). The van der Waals surface area contributed by atoms with Crippen molar-refractivity contribution in [3.63, 3.8) is 0 Å². The zero-order chi connectivity index (χ0) is 36.0. The fraction of sp³-hybridized carbons (Fsp3) is 0.385. The van der Waals surface area contributed by atoms with Crippen LogP contribution in [-0.2, 0) is 47.4 Å². The number of sulfonamides is 1. The first kappa shape index (κ1) is 37.1. The molecule has 51 heavy (non-hydrogen) atoms. The van der Waals surface area contributed by atoms with Crippen LogP contribution < -0.4 is 10.6 Å². The normalized spacial score (nSPS) is 15.6. The number of piperidine rings is 1. The van der Waals surface area contributed by atoms with E-state index in [9.17, 15) is 13.2 Å². The van der Waals surface area contributed by atoms with Gasteiger partial charge in [-0.15, -0.1) is 0 Å². The molecule has 1 amide bonds. The van der Waals surface area contributed by atoms with Crippen molar-refractivity contribution in [3.8, 4) is 23.1 Å². The summed E-state index contributed by atoms with van der Waals surface area (Å²) in [7, 11) is -3.37. The maximum absolute atomic E-state index is 12.6. The van der Waals surface area contributed by atoms with Crippen molar-refractivity contribution in [2.45, 2.75) is 64.8 Å². The lowest BCUT2D eigenvalue weighted by Crippen LogP contribution is -2.44. The molecule has 1 aromatic heterocycles. The molecule has 12 heteroatoms. The molecule has 0 aliphatic carbocycles. The molecule has 3 heterocycles. The molecule has 1 saturated heterocycles. The van der Waals surface area contributed by atoms with Gasteiger partial charge < -0.3 is 15.5 Å². The van der Waals surface area contributed by atoms with E-state index in [0.717, 1.165) is 97.2 Å². The second-order valence-corrected chi connectivity index (χ2v) is 16.2. The van der Waals surface area contributed by atoms with Gasteiger partial charge in [0.05, 0.1) is 17.0 Å². The summed E-state index contributed by atoms with van der Waals surface area (Å²) in [6, 6.07) is 22.0. The van der Waals surface area contributed by atoms with Gasteiger partial charge in [0.25, 0.3) is 0 Å². The Bertz CT molecular complexity index is 2010. The van der Waals surface area contributed by atoms with Crippen LogP contribution in [0.4, 0.5) is 0 Å². The predicted molar refractivity (Wildman–Crippen MR) is 204 cm³/mol. The number of carbonyl (C=O) groups excluding carboxylic acids is 1. The molecule has 0 atom stereocenters. The lowest BCUT2D eigenvalue weighted by atomic mass is 10.0. The molecule has 9 nitrogen and oxygen atoms in total. The van der Waals surface area contributed by atoms with Gasteiger partial charge in [0.2, 0.25) is 15.9 Å². The summed E-state index contributed by atoms with van der Waals surface area (Å²) >= 11 is 12.6. The Balaban J connectivity index is 1.14. The minimum Gasteiger partial charge on any atom is -0.354 e. The summed E-state index contributed by atoms with van der Waals surface area (Å²) in [5, 5.41) is 12.9. The van der Waals surface area contributed by atoms with Crippen molar-refractivity contribution >= 4 is 39.1 Å². The molecule has 2 N–H and O–H groups in total. The molecule has 0 unspecified atom stereocenters. The first-order valence-corrected chi connectivity index (χ1v) is 20.0. The van der Waals surface area contributed by atoms with Crippen LogP contribution >= 0.6 is 23.2 Å². The summed E-state index contributed by atoms with van der Waals surface area (Å²) in [4.78, 5) is 13.9. The number of fused-ring (bicyclic) bond motifs is 1. The number of carbonyl (C=O) groups is 1. The topological polar surface area (TPSA) is 99.6 Å². The van der Waals surface area contributed by atoms with Gasteiger partial charge in [0, 0.05) is 98.2 Å². The highest BCUT2D eigenvalue weighted by Gasteiger charge is 2.30. The summed E-state index contributed by atoms with van der Waals surface area (Å²) in [6.45, 7) is 7.36. The Kier molecular flexibility index (Phi) is 12.2. The Morgan fingerprint density at radius 2 is 1.61 bits per heavy atom. The van der Waals surface area contributed by atoms with Gasteiger partial charge in [-0.3, -0.25) is 9.48 Å². The zero-order valence-corrected chi connectivity index (χ0v) is 31.4. The maximum Gasteiger partial charge on any atom is 0.217 e. The van der Waals surface area contributed by atoms with Gasteiger partial charge in [-0.05, 0) is 73.3 Å². The molecule has 268 valence electrons. The first-order chi connectivity index (χ1) is 24.5. The second-order valence-electron chi connectivity index (χ2n) is 13.4. The maximum atomic E-state index is 12.6. The van der Waals surface area contributed by atoms with Crippen molar-refractivity contribution in [3.05, 3.63) is 110 Å². The molecule has 1 fully saturated rings. The SMILES string of the molecule is CC(=O)NC1CCN(CCCn2nc(-c3ccc(Cl)c(C#Cc4ccc(CNCc5ccc(Cl)cc5)cc4)c3)c3c2CCN(S(C)(=O)=O)C3)CC1. The van der Waals surface area contributed by atoms with Crippen LogP contribution in [0.5, 0.6) is 0 Å². The van der Waals surface area contributed by atoms with Crippen molar-refractivity contribution in [1.82, 2.24) is 29.6 Å². The highest BCUT2D eigenvalue weighted by Crippen LogP contribution is 2.33. The molecule has 4 aromatic rings. The van der Waals surface area contributed by atoms with Crippen molar-refractivity contribution in [1.29, 1.82) is 0 Å². The average molecular weight is 748 g/mol. The fourth-order valence-corrected chi connectivity index (χ4v) is 7.84. The number of benzene rings is 3. The number of hydrogen-bond acceptors (Lipinski definition) is 6. The van der Waals surface area contributed by atoms with Gasteiger partial charge in [-0.1, -0.05) is 65.4 Å². The lowest BCUT2D eigenvalue weighted by Gasteiger charge is -2.32. The second kappa shape index (κ2) is 16.8. The summed E-state index contributed by atoms with van der Waals surface area (Å²) < 4.78 is 28.7. The van der Waals surface area contributed by atoms with Crippen molar-refractivity contribution < 1.29 is 13.2 Å². The van der Waals surface area contributed by atoms with E-state index in [1.165, 1.54) is 16.1 Å². The number of halogens is 2. The molecule has 0 spiro atoms. The van der Waals surface area contributed by atoms with Gasteiger partial charge in [0.15, 0.2) is 0 Å². The third-order valence-corrected chi connectivity index (χ3v) is 11.3. The number of likely N-dealkylation sites (tertiary alicyclic amines) is 1. The van der Waals surface area contributed by atoms with E-state index in [2.05, 4.69) is 44.2 Å². The van der Waals surface area contributed by atoms with E-state index < -0.39 is 10.0 Å². The number of amides is 1. The van der Waals surface area contributed by atoms with Crippen LogP contribution in [0.2, 0.25) is 10.0 Å². The minimum absolute atomic E-state index is 0.0304. The van der Waals surface area contributed by atoms with E-state index in [1.807, 2.05) is 54.6 Å². The smallest absolute Gasteiger partial charge is 0.217 e. The molecule has 0 saturated carbocycles. The first-order valence-electron chi connectivity index (χ1n) is 17.4. The van der Waals surface area contributed by atoms with Crippen LogP contribution in [0.25, 0.3) is 11.3 Å². The van der Waals surface area contributed by atoms with E-state index in [0.29, 0.717) is 23.6 Å². The van der Waals surface area contributed by atoms with Crippen LogP contribution in [0.15, 0.2) is 66.7 Å². The number of aromatic nitrogens is 2. The Morgan fingerprint density at radius 3 is 2.27 bits per heavy atom. The Labute approximate surface area is 311 Å². The fourth-order valence-electron chi connectivity index (χ4n) is 6.77. The van der Waals surface area contributed by atoms with Crippen LogP contribution in [0.1, 0.15) is 59.7 Å². The molecule has 3 aromatic carbocycles. The van der Waals surface area contributed by atoms with E-state index in [-0.39, 0.29) is 18.5 Å². The number of rotatable bonds is 11. The molecule has 2 aliphatic heterocycles. The van der Waals surface area contributed by atoms with Crippen molar-refractivity contribution in [2.24, 2.45) is 0 Å². The summed E-state index contributed by atoms with van der Waals surface area (Å²) in [5.74, 6) is 6.54. The van der Waals surface area contributed by atoms with E-state index in [4.69, 9.17) is 28.3 Å². The van der Waals surface area contributed by atoms with Gasteiger partial charge >= 0.3 is 0 Å². The van der Waals surface area contributed by atoms with Crippen LogP contribution in [0, 0.1) is 11.8 Å². The Hall–Kier alpha value is -3.69. The zero-order valence-electron chi connectivity index (χ0n) is 29.1. The third kappa shape index (κ3) is 10.0. The third-order valence-electron chi connectivity index (χ3n) is 9.51. The molecule has 2 aliphatic rings. The number of hydrogen-bond donors (Lipinski definition) is 2. The average Bonchev–Trinajstić information content (AvgIpc) is 3.47. The molecule has 0 bridgehead atoms. The quantitative estimate of drug-likeness (QED) is 0.187. The lowest BCUT2D eigenvalue weighted by molar-refractivity contribution is -0.119. The molecule has 0 radical (unpaired) electrons. The predicted octanol–water partition coefficient (Wildman–Crippen LogP) is 5.85. The van der Waals surface area contributed by atoms with Gasteiger partial charge in [-0.25, -0.2) is 8.42 Å². The van der Waals surface area contributed by atoms with Gasteiger partial charge in [0.1, 0.15) is 0 Å². The largest absolute Gasteiger partial charge is 0.354 e. The highest BCUT2D eigenvalue weighted by molar-refractivity contribution is 7.88. The number of nitrogens with one attached hydrogen (secondary N) is 2. The summed E-state index contributed by atoms with van der Waals surface area (Å²) in [5.41, 5.74) is 7.54. The van der Waals surface area contributed by atoms with Crippen LogP contribution in [-0.4, -0.2) is 71.8 Å². The van der Waals surface area contributed by atoms with Crippen molar-refractivity contribution in [2.75, 3.05) is 32.4 Å². The summed E-state index contributed by atoms with van der Waals surface area (Å²) in [6.07, 6.45) is 4.70. The minimum atomic E-state index is -3.37. The monoisotopic (exact) mass is 746 g/mol. The van der Waals surface area contributed by atoms with Crippen LogP contribution in [0.3, 0.4) is 0 Å². The number of aryl methyl sites for hydroxylation is 1.